The first kappa shape index (κ1) is 32.0. The van der Waals surface area contributed by atoms with Crippen molar-refractivity contribution in [3.05, 3.63) is 59.8 Å². The summed E-state index contributed by atoms with van der Waals surface area (Å²) in [6.45, 7) is 10.2. The maximum atomic E-state index is 11.3. The smallest absolute Gasteiger partial charge is 0.307 e. The number of aliphatic hydroxyl groups excluding tert-OH is 2. The fourth-order valence-corrected chi connectivity index (χ4v) is 4.35. The molecule has 8 atom stereocenters. The minimum atomic E-state index is -0.718. The van der Waals surface area contributed by atoms with Gasteiger partial charge in [0.25, 0.3) is 0 Å². The predicted molar refractivity (Wildman–Crippen MR) is 146 cm³/mol. The first-order chi connectivity index (χ1) is 17.0. The van der Waals surface area contributed by atoms with Gasteiger partial charge in [-0.25, -0.2) is 0 Å². The highest BCUT2D eigenvalue weighted by Gasteiger charge is 2.35. The maximum Gasteiger partial charge on any atom is 0.307 e. The van der Waals surface area contributed by atoms with Gasteiger partial charge in [-0.05, 0) is 39.5 Å². The Bertz CT molecular complexity index is 816. The Hall–Kier alpha value is -2.03. The van der Waals surface area contributed by atoms with Gasteiger partial charge in [0, 0.05) is 24.4 Å². The molecule has 0 spiro atoms. The molecule has 1 fully saturated rings. The lowest BCUT2D eigenvalue weighted by Gasteiger charge is -2.38. The van der Waals surface area contributed by atoms with Gasteiger partial charge in [0.15, 0.2) is 0 Å². The third kappa shape index (κ3) is 12.3. The summed E-state index contributed by atoms with van der Waals surface area (Å²) in [6, 6.07) is -0.733. The van der Waals surface area contributed by atoms with Crippen LogP contribution in [0.5, 0.6) is 0 Å². The average molecular weight is 505 g/mol. The molecule has 0 saturated carbocycles. The van der Waals surface area contributed by atoms with Crippen LogP contribution in [0, 0.1) is 11.8 Å². The Morgan fingerprint density at radius 1 is 1.22 bits per heavy atom. The highest BCUT2D eigenvalue weighted by Crippen LogP contribution is 2.28. The molecule has 1 aliphatic rings. The van der Waals surface area contributed by atoms with E-state index < -0.39 is 18.2 Å². The van der Waals surface area contributed by atoms with Crippen LogP contribution in [0.1, 0.15) is 60.3 Å². The van der Waals surface area contributed by atoms with Crippen molar-refractivity contribution in [3.8, 4) is 0 Å². The highest BCUT2D eigenvalue weighted by atomic mass is 16.5. The SMILES string of the molecule is C/C=C/[C@@H]1O[C@H]([C@H](N)/C=C/C=C(\C)C[C@@H](C)/C=C(C)\C=C\[C@H](O)CC(N)CC(=O)OC)C[C@@H](O)[C@@H]1C. The van der Waals surface area contributed by atoms with E-state index in [2.05, 4.69) is 30.7 Å². The van der Waals surface area contributed by atoms with Crippen LogP contribution in [0.2, 0.25) is 0 Å². The first-order valence-corrected chi connectivity index (χ1v) is 12.9. The Labute approximate surface area is 217 Å². The van der Waals surface area contributed by atoms with E-state index in [9.17, 15) is 15.0 Å². The molecule has 0 aromatic rings. The van der Waals surface area contributed by atoms with E-state index in [1.807, 2.05) is 51.2 Å². The van der Waals surface area contributed by atoms with E-state index in [1.165, 1.54) is 12.7 Å². The zero-order chi connectivity index (χ0) is 27.3. The van der Waals surface area contributed by atoms with E-state index >= 15 is 0 Å². The molecule has 0 aliphatic carbocycles. The second-order valence-corrected chi connectivity index (χ2v) is 10.1. The molecule has 36 heavy (non-hydrogen) atoms. The number of hydrogen-bond acceptors (Lipinski definition) is 7. The van der Waals surface area contributed by atoms with Gasteiger partial charge in [0.05, 0.1) is 37.9 Å². The van der Waals surface area contributed by atoms with Crippen LogP contribution < -0.4 is 11.5 Å². The number of nitrogens with two attached hydrogens (primary N) is 2. The fraction of sp³-hybridized carbons (Fsp3) is 0.621. The average Bonchev–Trinajstić information content (AvgIpc) is 2.80. The number of carbonyl (C=O) groups is 1. The molecule has 7 heteroatoms. The Morgan fingerprint density at radius 2 is 1.92 bits per heavy atom. The summed E-state index contributed by atoms with van der Waals surface area (Å²) in [5.41, 5.74) is 14.5. The number of rotatable bonds is 13. The van der Waals surface area contributed by atoms with Gasteiger partial charge in [0.1, 0.15) is 0 Å². The van der Waals surface area contributed by atoms with Crippen molar-refractivity contribution in [2.75, 3.05) is 7.11 Å². The molecule has 1 aliphatic heterocycles. The number of ether oxygens (including phenoxy) is 2. The van der Waals surface area contributed by atoms with Crippen molar-refractivity contribution in [3.63, 3.8) is 0 Å². The summed E-state index contributed by atoms with van der Waals surface area (Å²) in [4.78, 5) is 11.3. The number of carbonyl (C=O) groups excluding carboxylic acids is 1. The van der Waals surface area contributed by atoms with Crippen LogP contribution in [0.4, 0.5) is 0 Å². The molecule has 0 aromatic heterocycles. The molecule has 1 rings (SSSR count). The van der Waals surface area contributed by atoms with Crippen molar-refractivity contribution in [2.24, 2.45) is 23.3 Å². The molecule has 1 saturated heterocycles. The van der Waals surface area contributed by atoms with E-state index in [-0.39, 0.29) is 36.6 Å². The van der Waals surface area contributed by atoms with E-state index in [0.717, 1.165) is 12.0 Å². The zero-order valence-corrected chi connectivity index (χ0v) is 22.8. The van der Waals surface area contributed by atoms with Crippen LogP contribution in [0.25, 0.3) is 0 Å². The van der Waals surface area contributed by atoms with Crippen LogP contribution in [-0.4, -0.2) is 59.8 Å². The molecule has 0 bridgehead atoms. The Morgan fingerprint density at radius 3 is 2.56 bits per heavy atom. The third-order valence-corrected chi connectivity index (χ3v) is 6.43. The normalized spacial score (nSPS) is 27.5. The molecule has 0 amide bonds. The summed E-state index contributed by atoms with van der Waals surface area (Å²) in [6.07, 6.45) is 15.9. The quantitative estimate of drug-likeness (QED) is 0.171. The minimum absolute atomic E-state index is 0.0519. The summed E-state index contributed by atoms with van der Waals surface area (Å²) < 4.78 is 10.7. The Balaban J connectivity index is 2.56. The number of methoxy groups -OCH3 is 1. The highest BCUT2D eigenvalue weighted by molar-refractivity contribution is 5.69. The maximum absolute atomic E-state index is 11.3. The summed E-state index contributed by atoms with van der Waals surface area (Å²) in [7, 11) is 1.32. The molecular formula is C29H48N2O5. The van der Waals surface area contributed by atoms with Gasteiger partial charge < -0.3 is 31.2 Å². The van der Waals surface area contributed by atoms with Crippen LogP contribution in [0.15, 0.2) is 59.8 Å². The van der Waals surface area contributed by atoms with Crippen LogP contribution in [0.3, 0.4) is 0 Å². The van der Waals surface area contributed by atoms with E-state index in [4.69, 9.17) is 16.2 Å². The molecule has 7 nitrogen and oxygen atoms in total. The van der Waals surface area contributed by atoms with Crippen molar-refractivity contribution in [1.82, 2.24) is 0 Å². The molecule has 204 valence electrons. The second kappa shape index (κ2) is 16.7. The molecule has 0 radical (unpaired) electrons. The number of esters is 1. The summed E-state index contributed by atoms with van der Waals surface area (Å²) in [5, 5.41) is 20.5. The van der Waals surface area contributed by atoms with E-state index in [0.29, 0.717) is 18.8 Å². The van der Waals surface area contributed by atoms with Crippen molar-refractivity contribution < 1.29 is 24.5 Å². The van der Waals surface area contributed by atoms with E-state index in [1.54, 1.807) is 6.08 Å². The van der Waals surface area contributed by atoms with Gasteiger partial charge in [0.2, 0.25) is 0 Å². The predicted octanol–water partition coefficient (Wildman–Crippen LogP) is 3.72. The van der Waals surface area contributed by atoms with Gasteiger partial charge >= 0.3 is 5.97 Å². The third-order valence-electron chi connectivity index (χ3n) is 6.43. The summed E-state index contributed by atoms with van der Waals surface area (Å²) in [5.74, 6) is -0.0137. The van der Waals surface area contributed by atoms with Crippen molar-refractivity contribution >= 4 is 5.97 Å². The molecule has 0 aromatic carbocycles. The molecular weight excluding hydrogens is 456 g/mol. The number of aliphatic hydroxyl groups is 2. The van der Waals surface area contributed by atoms with Crippen LogP contribution in [-0.2, 0) is 14.3 Å². The lowest BCUT2D eigenvalue weighted by Crippen LogP contribution is -2.48. The van der Waals surface area contributed by atoms with Crippen molar-refractivity contribution in [2.45, 2.75) is 96.8 Å². The Kier molecular flexibility index (Phi) is 14.8. The summed E-state index contributed by atoms with van der Waals surface area (Å²) >= 11 is 0. The van der Waals surface area contributed by atoms with Crippen LogP contribution >= 0.6 is 0 Å². The number of allylic oxidation sites excluding steroid dienone is 7. The monoisotopic (exact) mass is 504 g/mol. The zero-order valence-electron chi connectivity index (χ0n) is 22.8. The minimum Gasteiger partial charge on any atom is -0.469 e. The second-order valence-electron chi connectivity index (χ2n) is 10.1. The van der Waals surface area contributed by atoms with Gasteiger partial charge in [-0.2, -0.15) is 0 Å². The first-order valence-electron chi connectivity index (χ1n) is 12.9. The molecule has 6 N–H and O–H groups in total. The largest absolute Gasteiger partial charge is 0.469 e. The van der Waals surface area contributed by atoms with Gasteiger partial charge in [-0.3, -0.25) is 4.79 Å². The lowest BCUT2D eigenvalue weighted by molar-refractivity contribution is -0.141. The lowest BCUT2D eigenvalue weighted by atomic mass is 9.88. The van der Waals surface area contributed by atoms with Gasteiger partial charge in [-0.1, -0.05) is 73.6 Å². The number of hydrogen-bond donors (Lipinski definition) is 4. The van der Waals surface area contributed by atoms with Gasteiger partial charge in [-0.15, -0.1) is 0 Å². The topological polar surface area (TPSA) is 128 Å². The molecule has 1 unspecified atom stereocenters. The fourth-order valence-electron chi connectivity index (χ4n) is 4.35. The standard InChI is InChI=1S/C29H48N2O5/c1-7-9-27-22(5)26(33)18-28(36-27)25(31)11-8-10-19(2)14-21(4)15-20(3)12-13-24(32)16-23(30)17-29(34)35-6/h7-13,15,21-28,32-33H,14,16-18,30-31H2,1-6H3/b9-7+,11-8+,13-12+,19-10+,20-15-/t21-,22+,23?,24+,25-,26-,27+,28+/m1/s1. The van der Waals surface area contributed by atoms with Crippen molar-refractivity contribution in [1.29, 1.82) is 0 Å². The molecule has 1 heterocycles.